The zero-order valence-corrected chi connectivity index (χ0v) is 15.4. The van der Waals surface area contributed by atoms with Gasteiger partial charge in [-0.15, -0.1) is 0 Å². The second kappa shape index (κ2) is 8.62. The number of carbonyl (C=O) groups excluding carboxylic acids is 1. The van der Waals surface area contributed by atoms with E-state index in [4.69, 9.17) is 0 Å². The van der Waals surface area contributed by atoms with Crippen LogP contribution in [0.5, 0.6) is 0 Å². The highest BCUT2D eigenvalue weighted by Gasteiger charge is 2.19. The van der Waals surface area contributed by atoms with Crippen LogP contribution in [-0.4, -0.2) is 38.9 Å². The normalized spacial score (nSPS) is 15.5. The fraction of sp³-hybridized carbons (Fsp3) is 0.611. The lowest BCUT2D eigenvalue weighted by molar-refractivity contribution is -0.127. The van der Waals surface area contributed by atoms with E-state index < -0.39 is 10.0 Å². The van der Waals surface area contributed by atoms with Gasteiger partial charge < -0.3 is 4.90 Å². The molecule has 5 nitrogen and oxygen atoms in total. The third-order valence-corrected chi connectivity index (χ3v) is 5.79. The maximum absolute atomic E-state index is 12.3. The van der Waals surface area contributed by atoms with Crippen molar-refractivity contribution in [3.63, 3.8) is 0 Å². The molecule has 0 atom stereocenters. The van der Waals surface area contributed by atoms with Crippen LogP contribution in [-0.2, 0) is 21.2 Å². The van der Waals surface area contributed by atoms with Gasteiger partial charge in [0.2, 0.25) is 15.9 Å². The van der Waals surface area contributed by atoms with Gasteiger partial charge in [0.15, 0.2) is 0 Å². The standard InChI is InChI=1S/C18H28N2O3S/c1-15(2)6-7-16-8-10-17(11-9-16)24(22,23)19-12-4-14-20-13-3-5-18(20)21/h8-11,15,19H,3-7,12-14H2,1-2H3. The fourth-order valence-electron chi connectivity index (χ4n) is 2.79. The number of likely N-dealkylation sites (tertiary alicyclic amines) is 1. The van der Waals surface area contributed by atoms with Crippen LogP contribution in [0.15, 0.2) is 29.2 Å². The van der Waals surface area contributed by atoms with Gasteiger partial charge in [0, 0.05) is 26.1 Å². The summed E-state index contributed by atoms with van der Waals surface area (Å²) in [5.41, 5.74) is 1.16. The highest BCUT2D eigenvalue weighted by molar-refractivity contribution is 7.89. The highest BCUT2D eigenvalue weighted by Crippen LogP contribution is 2.14. The molecule has 0 aromatic heterocycles. The Kier molecular flexibility index (Phi) is 6.80. The number of nitrogens with zero attached hydrogens (tertiary/aromatic N) is 1. The lowest BCUT2D eigenvalue weighted by atomic mass is 10.0. The molecule has 1 aliphatic heterocycles. The zero-order valence-electron chi connectivity index (χ0n) is 14.6. The Balaban J connectivity index is 1.80. The van der Waals surface area contributed by atoms with Crippen molar-refractivity contribution in [3.8, 4) is 0 Å². The molecule has 1 fully saturated rings. The summed E-state index contributed by atoms with van der Waals surface area (Å²) in [4.78, 5) is 13.6. The summed E-state index contributed by atoms with van der Waals surface area (Å²) < 4.78 is 27.2. The van der Waals surface area contributed by atoms with E-state index in [0.29, 0.717) is 36.7 Å². The molecule has 1 aromatic carbocycles. The first-order valence-electron chi connectivity index (χ1n) is 8.75. The predicted octanol–water partition coefficient (Wildman–Crippen LogP) is 2.57. The smallest absolute Gasteiger partial charge is 0.240 e. The van der Waals surface area contributed by atoms with Gasteiger partial charge in [-0.3, -0.25) is 4.79 Å². The molecule has 0 saturated carbocycles. The van der Waals surface area contributed by atoms with E-state index in [1.807, 2.05) is 12.1 Å². The summed E-state index contributed by atoms with van der Waals surface area (Å²) in [6.45, 7) is 6.12. The van der Waals surface area contributed by atoms with Crippen molar-refractivity contribution < 1.29 is 13.2 Å². The van der Waals surface area contributed by atoms with Gasteiger partial charge in [0.25, 0.3) is 0 Å². The first kappa shape index (κ1) is 18.9. The van der Waals surface area contributed by atoms with E-state index in [9.17, 15) is 13.2 Å². The van der Waals surface area contributed by atoms with E-state index in [0.717, 1.165) is 31.4 Å². The minimum atomic E-state index is -3.47. The second-order valence-corrected chi connectivity index (χ2v) is 8.58. The number of hydrogen-bond donors (Lipinski definition) is 1. The monoisotopic (exact) mass is 352 g/mol. The topological polar surface area (TPSA) is 66.5 Å². The largest absolute Gasteiger partial charge is 0.343 e. The molecule has 0 aliphatic carbocycles. The molecule has 0 spiro atoms. The molecule has 1 amide bonds. The van der Waals surface area contributed by atoms with Crippen LogP contribution in [0.1, 0.15) is 45.1 Å². The molecule has 0 bridgehead atoms. The summed E-state index contributed by atoms with van der Waals surface area (Å²) >= 11 is 0. The number of benzene rings is 1. The van der Waals surface area contributed by atoms with E-state index in [2.05, 4.69) is 18.6 Å². The lowest BCUT2D eigenvalue weighted by Crippen LogP contribution is -2.30. The molecule has 0 unspecified atom stereocenters. The van der Waals surface area contributed by atoms with E-state index in [1.54, 1.807) is 17.0 Å². The van der Waals surface area contributed by atoms with Gasteiger partial charge in [-0.25, -0.2) is 13.1 Å². The van der Waals surface area contributed by atoms with Crippen LogP contribution in [0.2, 0.25) is 0 Å². The number of hydrogen-bond acceptors (Lipinski definition) is 3. The van der Waals surface area contributed by atoms with Crippen LogP contribution in [0, 0.1) is 5.92 Å². The van der Waals surface area contributed by atoms with Crippen molar-refractivity contribution in [2.75, 3.05) is 19.6 Å². The number of amides is 1. The van der Waals surface area contributed by atoms with Crippen LogP contribution in [0.3, 0.4) is 0 Å². The van der Waals surface area contributed by atoms with Crippen molar-refractivity contribution in [3.05, 3.63) is 29.8 Å². The summed E-state index contributed by atoms with van der Waals surface area (Å²) in [5, 5.41) is 0. The van der Waals surface area contributed by atoms with E-state index in [1.165, 1.54) is 0 Å². The maximum Gasteiger partial charge on any atom is 0.240 e. The molecule has 6 heteroatoms. The summed E-state index contributed by atoms with van der Waals surface area (Å²) in [5.74, 6) is 0.812. The molecule has 1 aliphatic rings. The predicted molar refractivity (Wildman–Crippen MR) is 95.2 cm³/mol. The molecule has 24 heavy (non-hydrogen) atoms. The number of sulfonamides is 1. The molecule has 1 saturated heterocycles. The van der Waals surface area contributed by atoms with Gasteiger partial charge in [-0.05, 0) is 49.3 Å². The van der Waals surface area contributed by atoms with Gasteiger partial charge in [0.05, 0.1) is 4.90 Å². The Morgan fingerprint density at radius 1 is 1.21 bits per heavy atom. The van der Waals surface area contributed by atoms with Crippen LogP contribution < -0.4 is 4.72 Å². The van der Waals surface area contributed by atoms with Gasteiger partial charge in [-0.1, -0.05) is 26.0 Å². The Morgan fingerprint density at radius 3 is 2.50 bits per heavy atom. The maximum atomic E-state index is 12.3. The number of nitrogens with one attached hydrogen (secondary N) is 1. The molecule has 1 aromatic rings. The quantitative estimate of drug-likeness (QED) is 0.695. The van der Waals surface area contributed by atoms with Gasteiger partial charge in [-0.2, -0.15) is 0 Å². The third-order valence-electron chi connectivity index (χ3n) is 4.31. The molecular formula is C18H28N2O3S. The molecule has 0 radical (unpaired) electrons. The third kappa shape index (κ3) is 5.60. The minimum Gasteiger partial charge on any atom is -0.343 e. The van der Waals surface area contributed by atoms with Crippen LogP contribution >= 0.6 is 0 Å². The zero-order chi connectivity index (χ0) is 17.6. The van der Waals surface area contributed by atoms with Crippen LogP contribution in [0.25, 0.3) is 0 Å². The average molecular weight is 353 g/mol. The number of aryl methyl sites for hydroxylation is 1. The fourth-order valence-corrected chi connectivity index (χ4v) is 3.86. The Bertz CT molecular complexity index is 639. The first-order valence-corrected chi connectivity index (χ1v) is 10.2. The van der Waals surface area contributed by atoms with Crippen molar-refractivity contribution in [1.29, 1.82) is 0 Å². The molecule has 1 heterocycles. The van der Waals surface area contributed by atoms with E-state index in [-0.39, 0.29) is 5.91 Å². The van der Waals surface area contributed by atoms with E-state index >= 15 is 0 Å². The van der Waals surface area contributed by atoms with Crippen molar-refractivity contribution >= 4 is 15.9 Å². The lowest BCUT2D eigenvalue weighted by Gasteiger charge is -2.15. The summed E-state index contributed by atoms with van der Waals surface area (Å²) in [6, 6.07) is 7.11. The summed E-state index contributed by atoms with van der Waals surface area (Å²) in [7, 11) is -3.47. The molecule has 1 N–H and O–H groups in total. The Labute approximate surface area is 145 Å². The molecular weight excluding hydrogens is 324 g/mol. The van der Waals surface area contributed by atoms with Crippen molar-refractivity contribution in [1.82, 2.24) is 9.62 Å². The number of rotatable bonds is 9. The SMILES string of the molecule is CC(C)CCc1ccc(S(=O)(=O)NCCCN2CCCC2=O)cc1. The number of carbonyl (C=O) groups is 1. The molecule has 134 valence electrons. The Morgan fingerprint density at radius 2 is 1.92 bits per heavy atom. The first-order chi connectivity index (χ1) is 11.4. The highest BCUT2D eigenvalue weighted by atomic mass is 32.2. The summed E-state index contributed by atoms with van der Waals surface area (Å²) in [6.07, 6.45) is 4.23. The second-order valence-electron chi connectivity index (χ2n) is 6.81. The molecule has 2 rings (SSSR count). The van der Waals surface area contributed by atoms with Gasteiger partial charge >= 0.3 is 0 Å². The van der Waals surface area contributed by atoms with Crippen molar-refractivity contribution in [2.24, 2.45) is 5.92 Å². The van der Waals surface area contributed by atoms with Crippen LogP contribution in [0.4, 0.5) is 0 Å². The Hall–Kier alpha value is -1.40. The average Bonchev–Trinajstić information content (AvgIpc) is 2.95. The van der Waals surface area contributed by atoms with Gasteiger partial charge in [0.1, 0.15) is 0 Å². The van der Waals surface area contributed by atoms with Crippen molar-refractivity contribution in [2.45, 2.75) is 50.8 Å². The minimum absolute atomic E-state index is 0.176.